The Balaban J connectivity index is 1.93. The van der Waals surface area contributed by atoms with Crippen LogP contribution in [0, 0.1) is 5.92 Å². The largest absolute Gasteiger partial charge is 0.469 e. The van der Waals surface area contributed by atoms with Gasteiger partial charge >= 0.3 is 11.9 Å². The Kier molecular flexibility index (Phi) is 6.42. The molecule has 1 aromatic rings. The summed E-state index contributed by atoms with van der Waals surface area (Å²) in [5.74, 6) is -0.467. The number of quaternary nitrogens is 1. The second-order valence-corrected chi connectivity index (χ2v) is 6.30. The van der Waals surface area contributed by atoms with Gasteiger partial charge in [-0.2, -0.15) is 0 Å². The van der Waals surface area contributed by atoms with Gasteiger partial charge in [0.1, 0.15) is 5.92 Å². The van der Waals surface area contributed by atoms with Gasteiger partial charge in [0.05, 0.1) is 32.4 Å². The highest BCUT2D eigenvalue weighted by Gasteiger charge is 2.29. The van der Waals surface area contributed by atoms with Gasteiger partial charge in [0, 0.05) is 17.9 Å². The third-order valence-electron chi connectivity index (χ3n) is 4.43. The van der Waals surface area contributed by atoms with Crippen molar-refractivity contribution in [3.8, 4) is 0 Å². The fourth-order valence-electron chi connectivity index (χ4n) is 3.07. The first-order valence-electron chi connectivity index (χ1n) is 7.83. The number of nitrogens with two attached hydrogens (primary N) is 1. The molecule has 2 N–H and O–H groups in total. The maximum atomic E-state index is 11.8. The molecule has 2 rings (SSSR count). The van der Waals surface area contributed by atoms with Crippen LogP contribution in [0.2, 0.25) is 5.02 Å². The van der Waals surface area contributed by atoms with Crippen LogP contribution < -0.4 is 5.32 Å². The van der Waals surface area contributed by atoms with E-state index in [2.05, 4.69) is 5.32 Å². The Morgan fingerprint density at radius 2 is 2.04 bits per heavy atom. The van der Waals surface area contributed by atoms with Crippen LogP contribution in [0.3, 0.4) is 0 Å². The number of hydrogen-bond donors (Lipinski definition) is 1. The highest BCUT2D eigenvalue weighted by Crippen LogP contribution is 2.20. The van der Waals surface area contributed by atoms with E-state index in [0.29, 0.717) is 16.6 Å². The molecule has 0 bridgehead atoms. The van der Waals surface area contributed by atoms with Crippen molar-refractivity contribution in [1.82, 2.24) is 0 Å². The van der Waals surface area contributed by atoms with Gasteiger partial charge < -0.3 is 14.8 Å². The number of methoxy groups -OCH3 is 2. The van der Waals surface area contributed by atoms with Crippen molar-refractivity contribution in [3.63, 3.8) is 0 Å². The molecule has 2 unspecified atom stereocenters. The predicted octanol–water partition coefficient (Wildman–Crippen LogP) is 1.57. The van der Waals surface area contributed by atoms with Crippen molar-refractivity contribution < 1.29 is 24.4 Å². The second kappa shape index (κ2) is 8.31. The molecule has 0 amide bonds. The van der Waals surface area contributed by atoms with Crippen molar-refractivity contribution >= 4 is 23.5 Å². The smallest absolute Gasteiger partial charge is 0.338 e. The topological polar surface area (TPSA) is 69.2 Å². The normalized spacial score (nSPS) is 20.8. The van der Waals surface area contributed by atoms with Gasteiger partial charge in [-0.05, 0) is 36.6 Å². The van der Waals surface area contributed by atoms with Crippen LogP contribution >= 0.6 is 11.6 Å². The van der Waals surface area contributed by atoms with E-state index in [4.69, 9.17) is 21.1 Å². The summed E-state index contributed by atoms with van der Waals surface area (Å²) in [5, 5.41) is 2.82. The summed E-state index contributed by atoms with van der Waals surface area (Å²) in [6, 6.07) is 5.68. The molecule has 1 heterocycles. The fraction of sp³-hybridized carbons (Fsp3) is 0.529. The monoisotopic (exact) mass is 340 g/mol. The maximum Gasteiger partial charge on any atom is 0.338 e. The molecule has 0 spiro atoms. The fourth-order valence-corrected chi connectivity index (χ4v) is 3.26. The zero-order chi connectivity index (χ0) is 16.8. The summed E-state index contributed by atoms with van der Waals surface area (Å²) >= 11 is 6.04. The Morgan fingerprint density at radius 1 is 1.26 bits per heavy atom. The maximum absolute atomic E-state index is 11.8. The van der Waals surface area contributed by atoms with Crippen molar-refractivity contribution in [2.45, 2.75) is 31.7 Å². The standard InChI is InChI=1S/C17H22ClNO4/c1-22-16(20)12-4-7-14(19-10-12)6-3-11-9-13(18)5-8-15(11)17(21)23-2/h5,8-9,12,14,19H,3-4,6-7,10H2,1-2H3/p+1. The molecule has 6 heteroatoms. The number of piperidine rings is 1. The second-order valence-electron chi connectivity index (χ2n) is 5.86. The SMILES string of the molecule is COC(=O)c1ccc(Cl)cc1CCC1CCC(C(=O)OC)C[NH2+]1. The molecule has 0 saturated carbocycles. The van der Waals surface area contributed by atoms with E-state index in [0.717, 1.165) is 37.8 Å². The Morgan fingerprint density at radius 3 is 2.65 bits per heavy atom. The first kappa shape index (κ1) is 17.8. The highest BCUT2D eigenvalue weighted by molar-refractivity contribution is 6.30. The molecule has 1 saturated heterocycles. The number of hydrogen-bond acceptors (Lipinski definition) is 4. The summed E-state index contributed by atoms with van der Waals surface area (Å²) < 4.78 is 9.62. The van der Waals surface area contributed by atoms with E-state index >= 15 is 0 Å². The third kappa shape index (κ3) is 4.69. The van der Waals surface area contributed by atoms with Gasteiger partial charge in [0.25, 0.3) is 0 Å². The number of halogens is 1. The van der Waals surface area contributed by atoms with Crippen LogP contribution in [0.25, 0.3) is 0 Å². The molecule has 0 radical (unpaired) electrons. The molecule has 5 nitrogen and oxygen atoms in total. The number of esters is 2. The number of aryl methyl sites for hydroxylation is 1. The molecule has 2 atom stereocenters. The van der Waals surface area contributed by atoms with Crippen LogP contribution in [-0.4, -0.2) is 38.7 Å². The highest BCUT2D eigenvalue weighted by atomic mass is 35.5. The van der Waals surface area contributed by atoms with Crippen LogP contribution in [-0.2, 0) is 20.7 Å². The van der Waals surface area contributed by atoms with Crippen molar-refractivity contribution in [2.75, 3.05) is 20.8 Å². The minimum Gasteiger partial charge on any atom is -0.469 e. The lowest BCUT2D eigenvalue weighted by Gasteiger charge is -2.25. The lowest BCUT2D eigenvalue weighted by Crippen LogP contribution is -2.93. The molecule has 126 valence electrons. The van der Waals surface area contributed by atoms with E-state index in [-0.39, 0.29) is 17.9 Å². The molecule has 0 aliphatic carbocycles. The summed E-state index contributed by atoms with van der Waals surface area (Å²) in [6.45, 7) is 0.761. The molecular formula is C17H23ClNO4+. The Bertz CT molecular complexity index is 568. The molecule has 1 fully saturated rings. The third-order valence-corrected chi connectivity index (χ3v) is 4.67. The van der Waals surface area contributed by atoms with E-state index in [1.165, 1.54) is 14.2 Å². The van der Waals surface area contributed by atoms with Crippen LogP contribution in [0.1, 0.15) is 35.2 Å². The van der Waals surface area contributed by atoms with Gasteiger partial charge in [0.15, 0.2) is 0 Å². The number of carbonyl (C=O) groups is 2. The minimum atomic E-state index is -0.338. The molecule has 23 heavy (non-hydrogen) atoms. The van der Waals surface area contributed by atoms with Gasteiger partial charge in [-0.3, -0.25) is 4.79 Å². The zero-order valence-corrected chi connectivity index (χ0v) is 14.3. The first-order valence-corrected chi connectivity index (χ1v) is 8.20. The summed E-state index contributed by atoms with van der Waals surface area (Å²) in [5.41, 5.74) is 1.48. The minimum absolute atomic E-state index is 0.00644. The number of carbonyl (C=O) groups excluding carboxylic acids is 2. The first-order chi connectivity index (χ1) is 11.0. The molecule has 1 aliphatic heterocycles. The lowest BCUT2D eigenvalue weighted by atomic mass is 9.91. The summed E-state index contributed by atoms with van der Waals surface area (Å²) in [6.07, 6.45) is 3.51. The van der Waals surface area contributed by atoms with Gasteiger partial charge in [0.2, 0.25) is 0 Å². The van der Waals surface area contributed by atoms with Crippen molar-refractivity contribution in [3.05, 3.63) is 34.3 Å². The summed E-state index contributed by atoms with van der Waals surface area (Å²) in [4.78, 5) is 23.4. The lowest BCUT2D eigenvalue weighted by molar-refractivity contribution is -0.702. The number of benzene rings is 1. The average molecular weight is 341 g/mol. The van der Waals surface area contributed by atoms with Crippen molar-refractivity contribution in [2.24, 2.45) is 5.92 Å². The van der Waals surface area contributed by atoms with E-state index < -0.39 is 0 Å². The van der Waals surface area contributed by atoms with Gasteiger partial charge in [-0.1, -0.05) is 11.6 Å². The Hall–Kier alpha value is -1.59. The number of rotatable bonds is 5. The molecule has 1 aromatic carbocycles. The van der Waals surface area contributed by atoms with Crippen LogP contribution in [0.5, 0.6) is 0 Å². The molecular weight excluding hydrogens is 318 g/mol. The van der Waals surface area contributed by atoms with E-state index in [1.807, 2.05) is 6.07 Å². The van der Waals surface area contributed by atoms with Gasteiger partial charge in [-0.25, -0.2) is 4.79 Å². The van der Waals surface area contributed by atoms with E-state index in [1.54, 1.807) is 12.1 Å². The average Bonchev–Trinajstić information content (AvgIpc) is 2.59. The molecule has 1 aliphatic rings. The number of ether oxygens (including phenoxy) is 2. The predicted molar refractivity (Wildman–Crippen MR) is 86.4 cm³/mol. The van der Waals surface area contributed by atoms with Gasteiger partial charge in [-0.15, -0.1) is 0 Å². The van der Waals surface area contributed by atoms with Crippen molar-refractivity contribution in [1.29, 1.82) is 0 Å². The van der Waals surface area contributed by atoms with Crippen LogP contribution in [0.4, 0.5) is 0 Å². The zero-order valence-electron chi connectivity index (χ0n) is 13.5. The quantitative estimate of drug-likeness (QED) is 0.826. The van der Waals surface area contributed by atoms with Crippen LogP contribution in [0.15, 0.2) is 18.2 Å². The molecule has 0 aromatic heterocycles. The Labute approximate surface area is 141 Å². The van der Waals surface area contributed by atoms with E-state index in [9.17, 15) is 9.59 Å². The summed E-state index contributed by atoms with van der Waals surface area (Å²) in [7, 11) is 2.81.